The molecular weight excluding hydrogens is 139 g/mol. The molecule has 0 fully saturated rings. The van der Waals surface area contributed by atoms with Crippen molar-refractivity contribution in [2.75, 3.05) is 12.8 Å². The third kappa shape index (κ3) is 2.02. The van der Waals surface area contributed by atoms with Crippen LogP contribution in [0.1, 0.15) is 20.8 Å². The zero-order valence-corrected chi connectivity index (χ0v) is 8.36. The number of allylic oxidation sites excluding steroid dienone is 2. The Bertz CT molecular complexity index is 197. The Labute approximate surface area is 64.7 Å². The predicted molar refractivity (Wildman–Crippen MR) is 52.7 cm³/mol. The summed E-state index contributed by atoms with van der Waals surface area (Å²) >= 11 is 0. The summed E-state index contributed by atoms with van der Waals surface area (Å²) in [5, 5.41) is 0. The molecule has 0 bridgehead atoms. The maximum atomic E-state index is 2.45. The van der Waals surface area contributed by atoms with Crippen molar-refractivity contribution in [3.05, 3.63) is 11.6 Å². The highest BCUT2D eigenvalue weighted by Gasteiger charge is 2.17. The maximum Gasteiger partial charge on any atom is -0.0133 e. The summed E-state index contributed by atoms with van der Waals surface area (Å²) in [6, 6.07) is 0. The SMILES string of the molecule is CC1=CC(C)(C)C[PH](C)=C1. The van der Waals surface area contributed by atoms with E-state index < -0.39 is 0 Å². The van der Waals surface area contributed by atoms with Crippen molar-refractivity contribution in [2.45, 2.75) is 20.8 Å². The Balaban J connectivity index is 2.88. The summed E-state index contributed by atoms with van der Waals surface area (Å²) in [5.74, 6) is 2.45. The molecule has 1 rings (SSSR count). The highest BCUT2D eigenvalue weighted by Crippen LogP contribution is 2.35. The molecule has 0 N–H and O–H groups in total. The second-order valence-corrected chi connectivity index (χ2v) is 6.38. The summed E-state index contributed by atoms with van der Waals surface area (Å²) in [6.45, 7) is 9.27. The van der Waals surface area contributed by atoms with Crippen LogP contribution in [0.5, 0.6) is 0 Å². The highest BCUT2D eigenvalue weighted by molar-refractivity contribution is 7.57. The molecule has 0 aromatic heterocycles. The third-order valence-electron chi connectivity index (χ3n) is 1.83. The molecule has 0 nitrogen and oxygen atoms in total. The monoisotopic (exact) mass is 156 g/mol. The minimum Gasteiger partial charge on any atom is -0.119 e. The molecule has 0 saturated heterocycles. The molecule has 1 atom stereocenters. The van der Waals surface area contributed by atoms with Gasteiger partial charge < -0.3 is 0 Å². The molecule has 0 saturated carbocycles. The van der Waals surface area contributed by atoms with Crippen molar-refractivity contribution in [3.63, 3.8) is 0 Å². The topological polar surface area (TPSA) is 0 Å². The molecule has 1 aliphatic rings. The van der Waals surface area contributed by atoms with Crippen molar-refractivity contribution in [1.29, 1.82) is 0 Å². The zero-order valence-electron chi connectivity index (χ0n) is 7.36. The fourth-order valence-corrected chi connectivity index (χ4v) is 4.37. The largest absolute Gasteiger partial charge is 0.119 e. The molecule has 1 heterocycles. The van der Waals surface area contributed by atoms with Crippen molar-refractivity contribution in [2.24, 2.45) is 5.41 Å². The Morgan fingerprint density at radius 2 is 2.10 bits per heavy atom. The Hall–Kier alpha value is 0.0400. The number of hydrogen-bond donors (Lipinski definition) is 0. The van der Waals surface area contributed by atoms with Crippen molar-refractivity contribution in [3.8, 4) is 0 Å². The fraction of sp³-hybridized carbons (Fsp3) is 0.667. The van der Waals surface area contributed by atoms with Crippen LogP contribution < -0.4 is 0 Å². The van der Waals surface area contributed by atoms with E-state index in [1.165, 1.54) is 11.7 Å². The van der Waals surface area contributed by atoms with E-state index in [9.17, 15) is 0 Å². The first-order valence-corrected chi connectivity index (χ1v) is 6.15. The van der Waals surface area contributed by atoms with Gasteiger partial charge in [-0.25, -0.2) is 0 Å². The van der Waals surface area contributed by atoms with Crippen LogP contribution in [0.4, 0.5) is 0 Å². The van der Waals surface area contributed by atoms with E-state index in [1.807, 2.05) is 0 Å². The highest BCUT2D eigenvalue weighted by atomic mass is 31.1. The van der Waals surface area contributed by atoms with Gasteiger partial charge in [-0.05, 0) is 25.2 Å². The molecule has 10 heavy (non-hydrogen) atoms. The van der Waals surface area contributed by atoms with Crippen molar-refractivity contribution >= 4 is 13.3 Å². The fourth-order valence-electron chi connectivity index (χ4n) is 1.87. The second-order valence-electron chi connectivity index (χ2n) is 4.04. The van der Waals surface area contributed by atoms with Crippen LogP contribution in [0.25, 0.3) is 0 Å². The molecule has 1 aliphatic heterocycles. The van der Waals surface area contributed by atoms with Crippen molar-refractivity contribution < 1.29 is 0 Å². The van der Waals surface area contributed by atoms with Crippen LogP contribution in [0.2, 0.25) is 0 Å². The predicted octanol–water partition coefficient (Wildman–Crippen LogP) is 2.62. The van der Waals surface area contributed by atoms with Gasteiger partial charge in [-0.15, -0.1) is 7.55 Å². The lowest BCUT2D eigenvalue weighted by Gasteiger charge is -2.25. The van der Waals surface area contributed by atoms with Gasteiger partial charge in [0.2, 0.25) is 0 Å². The smallest absolute Gasteiger partial charge is 0.0133 e. The lowest BCUT2D eigenvalue weighted by Crippen LogP contribution is -2.15. The minimum absolute atomic E-state index is 0.141. The summed E-state index contributed by atoms with van der Waals surface area (Å²) in [6.07, 6.45) is 3.79. The third-order valence-corrected chi connectivity index (χ3v) is 4.24. The molecule has 0 spiro atoms. The molecule has 1 heteroatoms. The van der Waals surface area contributed by atoms with Crippen LogP contribution in [-0.2, 0) is 0 Å². The number of hydrogen-bond acceptors (Lipinski definition) is 0. The lowest BCUT2D eigenvalue weighted by molar-refractivity contribution is 0.550. The first kappa shape index (κ1) is 8.14. The Kier molecular flexibility index (Phi) is 2.10. The summed E-state index contributed by atoms with van der Waals surface area (Å²) in [4.78, 5) is 0. The van der Waals surface area contributed by atoms with E-state index in [-0.39, 0.29) is 7.55 Å². The Morgan fingerprint density at radius 3 is 2.50 bits per heavy atom. The van der Waals surface area contributed by atoms with Gasteiger partial charge in [0.15, 0.2) is 0 Å². The molecule has 1 unspecified atom stereocenters. The molecular formula is C9H17P. The summed E-state index contributed by atoms with van der Waals surface area (Å²) in [5.41, 5.74) is 1.97. The van der Waals surface area contributed by atoms with Gasteiger partial charge in [0.1, 0.15) is 0 Å². The average Bonchev–Trinajstić information content (AvgIpc) is 1.54. The number of rotatable bonds is 0. The van der Waals surface area contributed by atoms with Crippen molar-refractivity contribution in [1.82, 2.24) is 0 Å². The van der Waals surface area contributed by atoms with E-state index in [2.05, 4.69) is 39.3 Å². The van der Waals surface area contributed by atoms with Gasteiger partial charge in [-0.2, -0.15) is 0 Å². The van der Waals surface area contributed by atoms with Crippen LogP contribution in [0.3, 0.4) is 0 Å². The second kappa shape index (κ2) is 2.58. The first-order chi connectivity index (χ1) is 4.49. The van der Waals surface area contributed by atoms with Gasteiger partial charge in [0.05, 0.1) is 0 Å². The lowest BCUT2D eigenvalue weighted by atomic mass is 9.94. The van der Waals surface area contributed by atoms with Crippen LogP contribution in [0, 0.1) is 5.41 Å². The van der Waals surface area contributed by atoms with Gasteiger partial charge in [-0.3, -0.25) is 0 Å². The maximum absolute atomic E-state index is 2.45. The van der Waals surface area contributed by atoms with Gasteiger partial charge in [0, 0.05) is 0 Å². The summed E-state index contributed by atoms with van der Waals surface area (Å²) in [7, 11) is -0.141. The summed E-state index contributed by atoms with van der Waals surface area (Å²) < 4.78 is 0. The Morgan fingerprint density at radius 1 is 1.50 bits per heavy atom. The van der Waals surface area contributed by atoms with E-state index in [0.29, 0.717) is 5.41 Å². The van der Waals surface area contributed by atoms with E-state index in [0.717, 1.165) is 0 Å². The van der Waals surface area contributed by atoms with E-state index >= 15 is 0 Å². The molecule has 0 aliphatic carbocycles. The molecule has 58 valence electrons. The van der Waals surface area contributed by atoms with Gasteiger partial charge in [-0.1, -0.05) is 31.3 Å². The van der Waals surface area contributed by atoms with Gasteiger partial charge >= 0.3 is 0 Å². The van der Waals surface area contributed by atoms with E-state index in [4.69, 9.17) is 0 Å². The van der Waals surface area contributed by atoms with Gasteiger partial charge in [0.25, 0.3) is 0 Å². The van der Waals surface area contributed by atoms with Crippen LogP contribution >= 0.6 is 7.55 Å². The average molecular weight is 156 g/mol. The zero-order chi connectivity index (χ0) is 7.78. The minimum atomic E-state index is -0.141. The molecule has 0 aromatic carbocycles. The normalized spacial score (nSPS) is 30.8. The molecule has 0 radical (unpaired) electrons. The van der Waals surface area contributed by atoms with Crippen LogP contribution in [0.15, 0.2) is 11.6 Å². The first-order valence-electron chi connectivity index (χ1n) is 3.86. The van der Waals surface area contributed by atoms with Crippen LogP contribution in [-0.4, -0.2) is 18.6 Å². The quantitative estimate of drug-likeness (QED) is 0.473. The molecule has 0 amide bonds. The van der Waals surface area contributed by atoms with E-state index in [1.54, 1.807) is 0 Å². The standard InChI is InChI=1S/C9H17P/c1-8-5-9(2,3)7-10(4)6-8/h5-6,10H,7H2,1-4H3. The molecule has 0 aromatic rings.